The molecule has 1 fully saturated rings. The van der Waals surface area contributed by atoms with Crippen LogP contribution in [0.25, 0.3) is 0 Å². The molecule has 0 aromatic carbocycles. The van der Waals surface area contributed by atoms with Gasteiger partial charge in [0, 0.05) is 38.1 Å². The van der Waals surface area contributed by atoms with Gasteiger partial charge in [-0.1, -0.05) is 17.7 Å². The minimum absolute atomic E-state index is 0.445. The molecule has 3 rings (SSSR count). The van der Waals surface area contributed by atoms with Gasteiger partial charge in [-0.25, -0.2) is 4.98 Å². The molecule has 0 atom stereocenters. The highest BCUT2D eigenvalue weighted by Crippen LogP contribution is 2.19. The van der Waals surface area contributed by atoms with E-state index in [1.54, 1.807) is 12.3 Å². The van der Waals surface area contributed by atoms with E-state index in [-0.39, 0.29) is 0 Å². The van der Waals surface area contributed by atoms with Crippen molar-refractivity contribution in [1.82, 2.24) is 15.0 Å². The number of halogens is 1. The number of hydrogen-bond acceptors (Lipinski definition) is 6. The summed E-state index contributed by atoms with van der Waals surface area (Å²) in [6, 6.07) is 5.77. The lowest BCUT2D eigenvalue weighted by atomic mass is 10.2. The molecular weight excluding hydrogens is 302 g/mol. The summed E-state index contributed by atoms with van der Waals surface area (Å²) in [5.74, 6) is 1.39. The zero-order chi connectivity index (χ0) is 15.2. The van der Waals surface area contributed by atoms with Crippen molar-refractivity contribution in [2.45, 2.75) is 6.42 Å². The molecule has 116 valence electrons. The quantitative estimate of drug-likeness (QED) is 0.851. The van der Waals surface area contributed by atoms with E-state index in [9.17, 15) is 0 Å². The van der Waals surface area contributed by atoms with Crippen LogP contribution in [0.4, 0.5) is 11.8 Å². The van der Waals surface area contributed by atoms with Gasteiger partial charge in [-0.2, -0.15) is 4.98 Å². The number of nitrogens with zero attached hydrogens (tertiary/aromatic N) is 4. The zero-order valence-corrected chi connectivity index (χ0v) is 13.0. The van der Waals surface area contributed by atoms with Gasteiger partial charge in [0.05, 0.1) is 13.2 Å². The van der Waals surface area contributed by atoms with Crippen LogP contribution in [0.5, 0.6) is 0 Å². The predicted molar refractivity (Wildman–Crippen MR) is 86.5 cm³/mol. The van der Waals surface area contributed by atoms with Crippen molar-refractivity contribution in [2.75, 3.05) is 43.1 Å². The van der Waals surface area contributed by atoms with Gasteiger partial charge < -0.3 is 15.0 Å². The number of anilines is 2. The van der Waals surface area contributed by atoms with Gasteiger partial charge in [0.1, 0.15) is 11.0 Å². The van der Waals surface area contributed by atoms with Gasteiger partial charge in [-0.15, -0.1) is 0 Å². The molecule has 1 saturated heterocycles. The van der Waals surface area contributed by atoms with Crippen LogP contribution in [0.1, 0.15) is 5.56 Å². The van der Waals surface area contributed by atoms with E-state index < -0.39 is 0 Å². The summed E-state index contributed by atoms with van der Waals surface area (Å²) in [4.78, 5) is 15.0. The summed E-state index contributed by atoms with van der Waals surface area (Å²) < 4.78 is 5.36. The number of pyridine rings is 1. The summed E-state index contributed by atoms with van der Waals surface area (Å²) in [6.07, 6.45) is 4.49. The van der Waals surface area contributed by atoms with E-state index in [1.165, 1.54) is 5.56 Å². The first-order valence-electron chi connectivity index (χ1n) is 7.31. The first-order chi connectivity index (χ1) is 10.8. The highest BCUT2D eigenvalue weighted by Gasteiger charge is 2.14. The van der Waals surface area contributed by atoms with E-state index in [4.69, 9.17) is 16.3 Å². The number of rotatable bonds is 5. The largest absolute Gasteiger partial charge is 0.378 e. The highest BCUT2D eigenvalue weighted by atomic mass is 35.5. The third-order valence-corrected chi connectivity index (χ3v) is 3.63. The van der Waals surface area contributed by atoms with Crippen LogP contribution in [-0.2, 0) is 11.2 Å². The van der Waals surface area contributed by atoms with Crippen LogP contribution in [0.15, 0.2) is 30.6 Å². The summed E-state index contributed by atoms with van der Waals surface area (Å²) in [5, 5.41) is 3.67. The molecular formula is C15H18ClN5O. The SMILES string of the molecule is Clc1cc(N2CCOCC2)nc(NCCc2cccnc2)n1. The molecule has 22 heavy (non-hydrogen) atoms. The molecule has 6 nitrogen and oxygen atoms in total. The van der Waals surface area contributed by atoms with Crippen molar-refractivity contribution in [3.05, 3.63) is 41.3 Å². The molecule has 0 aliphatic carbocycles. The Bertz CT molecular complexity index is 604. The van der Waals surface area contributed by atoms with Crippen LogP contribution < -0.4 is 10.2 Å². The Morgan fingerprint density at radius 3 is 2.91 bits per heavy atom. The maximum atomic E-state index is 6.11. The first-order valence-corrected chi connectivity index (χ1v) is 7.69. The molecule has 1 N–H and O–H groups in total. The molecule has 0 amide bonds. The van der Waals surface area contributed by atoms with Gasteiger partial charge in [0.2, 0.25) is 5.95 Å². The predicted octanol–water partition coefficient (Wildman–Crippen LogP) is 2.02. The minimum atomic E-state index is 0.445. The lowest BCUT2D eigenvalue weighted by Gasteiger charge is -2.28. The summed E-state index contributed by atoms with van der Waals surface area (Å²) in [5.41, 5.74) is 1.17. The maximum absolute atomic E-state index is 6.11. The normalized spacial score (nSPS) is 14.9. The third-order valence-electron chi connectivity index (χ3n) is 3.44. The van der Waals surface area contributed by atoms with E-state index in [0.717, 1.165) is 31.9 Å². The molecule has 1 aliphatic heterocycles. The molecule has 0 bridgehead atoms. The van der Waals surface area contributed by atoms with Crippen LogP contribution >= 0.6 is 11.6 Å². The van der Waals surface area contributed by atoms with Crippen molar-refractivity contribution >= 4 is 23.4 Å². The smallest absolute Gasteiger partial charge is 0.226 e. The molecule has 0 unspecified atom stereocenters. The first kappa shape index (κ1) is 15.0. The monoisotopic (exact) mass is 319 g/mol. The summed E-state index contributed by atoms with van der Waals surface area (Å²) in [7, 11) is 0. The van der Waals surface area contributed by atoms with Crippen molar-refractivity contribution in [2.24, 2.45) is 0 Å². The molecule has 2 aromatic rings. The third kappa shape index (κ3) is 4.05. The van der Waals surface area contributed by atoms with E-state index in [2.05, 4.69) is 25.2 Å². The number of morpholine rings is 1. The molecule has 0 saturated carbocycles. The lowest BCUT2D eigenvalue weighted by molar-refractivity contribution is 0.122. The average Bonchev–Trinajstić information content (AvgIpc) is 2.56. The number of ether oxygens (including phenoxy) is 1. The lowest BCUT2D eigenvalue weighted by Crippen LogP contribution is -2.36. The van der Waals surface area contributed by atoms with Crippen molar-refractivity contribution in [3.63, 3.8) is 0 Å². The van der Waals surface area contributed by atoms with Crippen LogP contribution in [0.2, 0.25) is 5.15 Å². The Balaban J connectivity index is 1.62. The Morgan fingerprint density at radius 2 is 2.14 bits per heavy atom. The molecule has 7 heteroatoms. The van der Waals surface area contributed by atoms with Gasteiger partial charge >= 0.3 is 0 Å². The topological polar surface area (TPSA) is 63.2 Å². The van der Waals surface area contributed by atoms with Crippen LogP contribution in [-0.4, -0.2) is 47.8 Å². The Hall–Kier alpha value is -1.92. The zero-order valence-electron chi connectivity index (χ0n) is 12.2. The summed E-state index contributed by atoms with van der Waals surface area (Å²) in [6.45, 7) is 3.80. The molecule has 3 heterocycles. The maximum Gasteiger partial charge on any atom is 0.226 e. The van der Waals surface area contributed by atoms with Crippen molar-refractivity contribution in [3.8, 4) is 0 Å². The number of nitrogens with one attached hydrogen (secondary N) is 1. The Labute approximate surface area is 134 Å². The molecule has 1 aliphatic rings. The van der Waals surface area contributed by atoms with Gasteiger partial charge in [-0.05, 0) is 18.1 Å². The van der Waals surface area contributed by atoms with Gasteiger partial charge in [0.15, 0.2) is 0 Å². The highest BCUT2D eigenvalue weighted by molar-refractivity contribution is 6.29. The summed E-state index contributed by atoms with van der Waals surface area (Å²) >= 11 is 6.11. The van der Waals surface area contributed by atoms with Gasteiger partial charge in [-0.3, -0.25) is 4.98 Å². The van der Waals surface area contributed by atoms with Crippen molar-refractivity contribution < 1.29 is 4.74 Å². The fraction of sp³-hybridized carbons (Fsp3) is 0.400. The van der Waals surface area contributed by atoms with Crippen LogP contribution in [0, 0.1) is 0 Å². The molecule has 2 aromatic heterocycles. The fourth-order valence-electron chi connectivity index (χ4n) is 2.30. The second kappa shape index (κ2) is 7.38. The second-order valence-corrected chi connectivity index (χ2v) is 5.40. The van der Waals surface area contributed by atoms with E-state index in [0.29, 0.717) is 24.3 Å². The Kier molecular flexibility index (Phi) is 5.03. The van der Waals surface area contributed by atoms with Crippen LogP contribution in [0.3, 0.4) is 0 Å². The molecule has 0 radical (unpaired) electrons. The fourth-order valence-corrected chi connectivity index (χ4v) is 2.48. The molecule has 0 spiro atoms. The Morgan fingerprint density at radius 1 is 1.27 bits per heavy atom. The number of aromatic nitrogens is 3. The van der Waals surface area contributed by atoms with Gasteiger partial charge in [0.25, 0.3) is 0 Å². The minimum Gasteiger partial charge on any atom is -0.378 e. The standard InChI is InChI=1S/C15H18ClN5O/c16-13-10-14(21-6-8-22-9-7-21)20-15(19-13)18-5-3-12-2-1-4-17-11-12/h1-2,4,10-11H,3,5-9H2,(H,18,19,20). The van der Waals surface area contributed by atoms with E-state index >= 15 is 0 Å². The van der Waals surface area contributed by atoms with E-state index in [1.807, 2.05) is 18.3 Å². The average molecular weight is 320 g/mol. The second-order valence-electron chi connectivity index (χ2n) is 5.01. The number of hydrogen-bond donors (Lipinski definition) is 1. The van der Waals surface area contributed by atoms with Crippen molar-refractivity contribution in [1.29, 1.82) is 0 Å².